The predicted molar refractivity (Wildman–Crippen MR) is 46.0 cm³/mol. The molecule has 0 bridgehead atoms. The first kappa shape index (κ1) is 7.86. The Kier molecular flexibility index (Phi) is 1.92. The van der Waals surface area contributed by atoms with Crippen molar-refractivity contribution in [1.29, 1.82) is 0 Å². The van der Waals surface area contributed by atoms with Crippen molar-refractivity contribution in [2.75, 3.05) is 6.54 Å². The first-order valence-electron chi connectivity index (χ1n) is 4.49. The van der Waals surface area contributed by atoms with Crippen LogP contribution >= 0.6 is 0 Å². The van der Waals surface area contributed by atoms with Crippen molar-refractivity contribution in [3.8, 4) is 0 Å². The monoisotopic (exact) mass is 169 g/mol. The molecule has 0 aromatic rings. The van der Waals surface area contributed by atoms with Gasteiger partial charge in [-0.05, 0) is 31.1 Å². The molecule has 4 N–H and O–H groups in total. The average molecular weight is 169 g/mol. The zero-order chi connectivity index (χ0) is 8.55. The van der Waals surface area contributed by atoms with Crippen molar-refractivity contribution in [2.45, 2.75) is 25.3 Å². The van der Waals surface area contributed by atoms with Crippen LogP contribution in [-0.2, 0) is 0 Å². The van der Waals surface area contributed by atoms with Crippen LogP contribution in [0.3, 0.4) is 0 Å². The van der Waals surface area contributed by atoms with Crippen LogP contribution in [0.4, 0.5) is 0 Å². The van der Waals surface area contributed by atoms with E-state index in [-0.39, 0.29) is 5.84 Å². The van der Waals surface area contributed by atoms with Crippen LogP contribution in [0.1, 0.15) is 19.3 Å². The fourth-order valence-electron chi connectivity index (χ4n) is 2.17. The summed E-state index contributed by atoms with van der Waals surface area (Å²) in [5.74, 6) is 2.24. The molecule has 4 nitrogen and oxygen atoms in total. The number of hydrogen-bond donors (Lipinski definition) is 3. The van der Waals surface area contributed by atoms with Crippen LogP contribution in [0.2, 0.25) is 0 Å². The Balaban J connectivity index is 1.67. The van der Waals surface area contributed by atoms with Gasteiger partial charge in [-0.3, -0.25) is 0 Å². The summed E-state index contributed by atoms with van der Waals surface area (Å²) in [7, 11) is 0. The van der Waals surface area contributed by atoms with Gasteiger partial charge in [-0.25, -0.2) is 0 Å². The number of amidine groups is 1. The molecule has 4 heteroatoms. The van der Waals surface area contributed by atoms with E-state index in [0.717, 1.165) is 11.8 Å². The Bertz CT molecular complexity index is 194. The molecular weight excluding hydrogens is 154 g/mol. The van der Waals surface area contributed by atoms with E-state index in [1.54, 1.807) is 0 Å². The van der Waals surface area contributed by atoms with Crippen LogP contribution in [-0.4, -0.2) is 23.6 Å². The molecule has 2 fully saturated rings. The van der Waals surface area contributed by atoms with E-state index in [2.05, 4.69) is 10.5 Å². The maximum Gasteiger partial charge on any atom is 0.153 e. The molecule has 0 heterocycles. The van der Waals surface area contributed by atoms with Crippen molar-refractivity contribution in [2.24, 2.45) is 22.7 Å². The Morgan fingerprint density at radius 2 is 2.08 bits per heavy atom. The summed E-state index contributed by atoms with van der Waals surface area (Å²) in [5, 5.41) is 14.5. The van der Waals surface area contributed by atoms with Gasteiger partial charge in [-0.2, -0.15) is 0 Å². The molecule has 0 aromatic heterocycles. The predicted octanol–water partition coefficient (Wildman–Crippen LogP) is 0.121. The first-order chi connectivity index (χ1) is 5.79. The van der Waals surface area contributed by atoms with E-state index in [1.807, 2.05) is 0 Å². The van der Waals surface area contributed by atoms with E-state index in [9.17, 15) is 0 Å². The lowest BCUT2D eigenvalue weighted by Crippen LogP contribution is -2.35. The van der Waals surface area contributed by atoms with Gasteiger partial charge in [0, 0.05) is 6.04 Å². The lowest BCUT2D eigenvalue weighted by Gasteiger charge is -2.12. The number of nitrogens with two attached hydrogens (primary N) is 1. The smallest absolute Gasteiger partial charge is 0.153 e. The number of fused-ring (bicyclic) bond motifs is 1. The van der Waals surface area contributed by atoms with E-state index in [1.165, 1.54) is 19.3 Å². The highest BCUT2D eigenvalue weighted by molar-refractivity contribution is 5.81. The molecule has 2 atom stereocenters. The minimum Gasteiger partial charge on any atom is -0.409 e. The van der Waals surface area contributed by atoms with Crippen molar-refractivity contribution >= 4 is 5.84 Å². The van der Waals surface area contributed by atoms with Crippen LogP contribution in [0.5, 0.6) is 0 Å². The van der Waals surface area contributed by atoms with Gasteiger partial charge in [-0.1, -0.05) is 5.16 Å². The maximum atomic E-state index is 8.29. The summed E-state index contributed by atoms with van der Waals surface area (Å²) >= 11 is 0. The molecule has 2 aliphatic rings. The highest BCUT2D eigenvalue weighted by Crippen LogP contribution is 2.51. The second kappa shape index (κ2) is 2.94. The summed E-state index contributed by atoms with van der Waals surface area (Å²) in [5.41, 5.74) is 5.33. The molecule has 2 unspecified atom stereocenters. The van der Waals surface area contributed by atoms with Crippen LogP contribution in [0, 0.1) is 11.8 Å². The Morgan fingerprint density at radius 1 is 1.42 bits per heavy atom. The van der Waals surface area contributed by atoms with E-state index >= 15 is 0 Å². The molecule has 0 spiro atoms. The molecule has 2 saturated carbocycles. The Labute approximate surface area is 71.8 Å². The van der Waals surface area contributed by atoms with Crippen molar-refractivity contribution in [1.82, 2.24) is 5.32 Å². The highest BCUT2D eigenvalue weighted by atomic mass is 16.4. The molecule has 12 heavy (non-hydrogen) atoms. The number of hydrogen-bond acceptors (Lipinski definition) is 3. The fraction of sp³-hybridized carbons (Fsp3) is 0.875. The molecule has 0 saturated heterocycles. The first-order valence-corrected chi connectivity index (χ1v) is 4.49. The fourth-order valence-corrected chi connectivity index (χ4v) is 2.17. The minimum atomic E-state index is 0.274. The normalized spacial score (nSPS) is 39.7. The Hall–Kier alpha value is -0.770. The van der Waals surface area contributed by atoms with Crippen molar-refractivity contribution in [3.63, 3.8) is 0 Å². The van der Waals surface area contributed by atoms with Gasteiger partial charge in [-0.15, -0.1) is 0 Å². The topological polar surface area (TPSA) is 70.6 Å². The van der Waals surface area contributed by atoms with Gasteiger partial charge < -0.3 is 16.3 Å². The number of rotatable bonds is 3. The largest absolute Gasteiger partial charge is 0.409 e. The number of nitrogens with one attached hydrogen (secondary N) is 1. The van der Waals surface area contributed by atoms with Crippen molar-refractivity contribution in [3.05, 3.63) is 0 Å². The molecule has 2 rings (SSSR count). The molecule has 68 valence electrons. The van der Waals surface area contributed by atoms with Gasteiger partial charge in [0.15, 0.2) is 5.84 Å². The van der Waals surface area contributed by atoms with Gasteiger partial charge in [0.1, 0.15) is 0 Å². The lowest BCUT2D eigenvalue weighted by molar-refractivity contribution is 0.316. The van der Waals surface area contributed by atoms with E-state index in [0.29, 0.717) is 12.6 Å². The summed E-state index contributed by atoms with van der Waals surface area (Å²) in [6.07, 6.45) is 3.99. The number of nitrogens with zero attached hydrogens (tertiary/aromatic N) is 1. The van der Waals surface area contributed by atoms with Crippen LogP contribution in [0.15, 0.2) is 5.16 Å². The summed E-state index contributed by atoms with van der Waals surface area (Å²) in [4.78, 5) is 0. The molecule has 0 amide bonds. The van der Waals surface area contributed by atoms with Crippen LogP contribution in [0.25, 0.3) is 0 Å². The third kappa shape index (κ3) is 1.53. The maximum absolute atomic E-state index is 8.29. The summed E-state index contributed by atoms with van der Waals surface area (Å²) in [6, 6.07) is 0.606. The zero-order valence-corrected chi connectivity index (χ0v) is 7.03. The van der Waals surface area contributed by atoms with Gasteiger partial charge in [0.25, 0.3) is 0 Å². The van der Waals surface area contributed by atoms with E-state index < -0.39 is 0 Å². The Morgan fingerprint density at radius 3 is 2.67 bits per heavy atom. The second-order valence-electron chi connectivity index (χ2n) is 3.90. The third-order valence-electron chi connectivity index (χ3n) is 2.94. The molecule has 0 radical (unpaired) electrons. The molecular formula is C8H15N3O. The van der Waals surface area contributed by atoms with Gasteiger partial charge >= 0.3 is 0 Å². The third-order valence-corrected chi connectivity index (χ3v) is 2.94. The minimum absolute atomic E-state index is 0.274. The standard InChI is InChI=1S/C8H15N3O/c9-8(11-12)4-10-7-2-5-1-6(5)3-7/h5-7,10,12H,1-4H2,(H2,9,11). The quantitative estimate of drug-likeness (QED) is 0.243. The van der Waals surface area contributed by atoms with E-state index in [4.69, 9.17) is 10.9 Å². The molecule has 2 aliphatic carbocycles. The lowest BCUT2D eigenvalue weighted by atomic mass is 10.1. The highest BCUT2D eigenvalue weighted by Gasteiger charge is 2.45. The zero-order valence-electron chi connectivity index (χ0n) is 7.03. The number of oxime groups is 1. The summed E-state index contributed by atoms with van der Waals surface area (Å²) in [6.45, 7) is 0.514. The molecule has 0 aromatic carbocycles. The van der Waals surface area contributed by atoms with Crippen molar-refractivity contribution < 1.29 is 5.21 Å². The summed E-state index contributed by atoms with van der Waals surface area (Å²) < 4.78 is 0. The average Bonchev–Trinajstić information content (AvgIpc) is 2.70. The molecule has 0 aliphatic heterocycles. The second-order valence-corrected chi connectivity index (χ2v) is 3.90. The van der Waals surface area contributed by atoms with Gasteiger partial charge in [0.05, 0.1) is 6.54 Å². The van der Waals surface area contributed by atoms with Crippen LogP contribution < -0.4 is 11.1 Å². The van der Waals surface area contributed by atoms with Gasteiger partial charge in [0.2, 0.25) is 0 Å². The SMILES string of the molecule is N/C(CNC1CC2CC2C1)=N\O.